The van der Waals surface area contributed by atoms with Crippen LogP contribution in [0, 0.1) is 0 Å². The number of piperazine rings is 1. The van der Waals surface area contributed by atoms with E-state index in [4.69, 9.17) is 47.0 Å². The van der Waals surface area contributed by atoms with Crippen LogP contribution >= 0.6 is 47.0 Å². The number of hydrogen-bond acceptors (Lipinski definition) is 3. The van der Waals surface area contributed by atoms with Gasteiger partial charge in [-0.2, -0.15) is 5.10 Å². The molecule has 3 aromatic rings. The zero-order valence-corrected chi connectivity index (χ0v) is 19.9. The summed E-state index contributed by atoms with van der Waals surface area (Å²) in [5.41, 5.74) is 2.19. The van der Waals surface area contributed by atoms with Gasteiger partial charge in [-0.1, -0.05) is 59.1 Å². The molecular formula is C22H22Cl3N5S. The SMILES string of the molecule is S=C(Nc1ccn(Cc2ccccc2Cl)n1)N1CCN(Cc2ccc(Cl)c(Cl)c2)CC1. The lowest BCUT2D eigenvalue weighted by Crippen LogP contribution is -2.49. The molecule has 1 aromatic heterocycles. The summed E-state index contributed by atoms with van der Waals surface area (Å²) in [5, 5.41) is 10.4. The zero-order chi connectivity index (χ0) is 21.8. The van der Waals surface area contributed by atoms with Crippen molar-refractivity contribution in [2.75, 3.05) is 31.5 Å². The molecule has 4 rings (SSSR count). The fraction of sp³-hybridized carbons (Fsp3) is 0.273. The molecule has 0 atom stereocenters. The number of nitrogens with one attached hydrogen (secondary N) is 1. The van der Waals surface area contributed by atoms with Crippen molar-refractivity contribution in [2.45, 2.75) is 13.1 Å². The number of benzene rings is 2. The summed E-state index contributed by atoms with van der Waals surface area (Å²) in [6.07, 6.45) is 1.92. The molecule has 1 N–H and O–H groups in total. The first-order valence-electron chi connectivity index (χ1n) is 9.97. The maximum Gasteiger partial charge on any atom is 0.174 e. The van der Waals surface area contributed by atoms with Crippen molar-refractivity contribution in [3.8, 4) is 0 Å². The standard InChI is InChI=1S/C22H22Cl3N5S/c23-18-4-2-1-3-17(18)15-30-8-7-21(27-30)26-22(31)29-11-9-28(10-12-29)14-16-5-6-19(24)20(25)13-16/h1-8,13H,9-12,14-15H2,(H,26,27,31). The summed E-state index contributed by atoms with van der Waals surface area (Å²) < 4.78 is 1.85. The highest BCUT2D eigenvalue weighted by atomic mass is 35.5. The normalized spacial score (nSPS) is 14.6. The van der Waals surface area contributed by atoms with Gasteiger partial charge >= 0.3 is 0 Å². The Labute approximate surface area is 202 Å². The Morgan fingerprint density at radius 2 is 1.68 bits per heavy atom. The van der Waals surface area contributed by atoms with Crippen LogP contribution in [0.5, 0.6) is 0 Å². The number of hydrogen-bond donors (Lipinski definition) is 1. The number of nitrogens with zero attached hydrogens (tertiary/aromatic N) is 4. The predicted molar refractivity (Wildman–Crippen MR) is 132 cm³/mol. The highest BCUT2D eigenvalue weighted by Crippen LogP contribution is 2.23. The first-order valence-corrected chi connectivity index (χ1v) is 11.5. The van der Waals surface area contributed by atoms with E-state index in [0.29, 0.717) is 21.7 Å². The smallest absolute Gasteiger partial charge is 0.174 e. The molecule has 1 saturated heterocycles. The topological polar surface area (TPSA) is 36.3 Å². The Kier molecular flexibility index (Phi) is 7.35. The number of anilines is 1. The Balaban J connectivity index is 1.27. The van der Waals surface area contributed by atoms with E-state index in [2.05, 4.69) is 20.2 Å². The van der Waals surface area contributed by atoms with Crippen molar-refractivity contribution < 1.29 is 0 Å². The fourth-order valence-corrected chi connectivity index (χ4v) is 4.31. The van der Waals surface area contributed by atoms with Crippen LogP contribution in [-0.4, -0.2) is 50.9 Å². The van der Waals surface area contributed by atoms with Gasteiger partial charge in [0.15, 0.2) is 10.9 Å². The lowest BCUT2D eigenvalue weighted by Gasteiger charge is -2.36. The van der Waals surface area contributed by atoms with Crippen molar-refractivity contribution in [3.63, 3.8) is 0 Å². The van der Waals surface area contributed by atoms with Gasteiger partial charge in [0.1, 0.15) is 0 Å². The van der Waals surface area contributed by atoms with Crippen LogP contribution in [0.1, 0.15) is 11.1 Å². The number of aromatic nitrogens is 2. The van der Waals surface area contributed by atoms with E-state index in [0.717, 1.165) is 54.7 Å². The van der Waals surface area contributed by atoms with Gasteiger partial charge in [-0.25, -0.2) is 0 Å². The van der Waals surface area contributed by atoms with E-state index in [1.54, 1.807) is 0 Å². The van der Waals surface area contributed by atoms with Crippen LogP contribution in [0.4, 0.5) is 5.82 Å². The molecule has 9 heteroatoms. The molecule has 31 heavy (non-hydrogen) atoms. The maximum atomic E-state index is 6.24. The van der Waals surface area contributed by atoms with Gasteiger partial charge in [-0.3, -0.25) is 9.58 Å². The predicted octanol–water partition coefficient (Wildman–Crippen LogP) is 5.41. The fourth-order valence-electron chi connectivity index (χ4n) is 3.51. The molecular weight excluding hydrogens is 473 g/mol. The van der Waals surface area contributed by atoms with Gasteiger partial charge in [0.05, 0.1) is 16.6 Å². The molecule has 162 valence electrons. The van der Waals surface area contributed by atoms with Crippen LogP contribution < -0.4 is 5.32 Å². The molecule has 2 heterocycles. The summed E-state index contributed by atoms with van der Waals surface area (Å²) in [5.74, 6) is 0.732. The first kappa shape index (κ1) is 22.4. The third-order valence-electron chi connectivity index (χ3n) is 5.22. The average Bonchev–Trinajstić information content (AvgIpc) is 3.20. The second kappa shape index (κ2) is 10.2. The Hall–Kier alpha value is -1.83. The number of thiocarbonyl (C=S) groups is 1. The van der Waals surface area contributed by atoms with Crippen molar-refractivity contribution in [1.29, 1.82) is 0 Å². The third kappa shape index (κ3) is 5.90. The molecule has 1 aliphatic rings. The van der Waals surface area contributed by atoms with E-state index >= 15 is 0 Å². The molecule has 0 bridgehead atoms. The van der Waals surface area contributed by atoms with E-state index < -0.39 is 0 Å². The monoisotopic (exact) mass is 493 g/mol. The molecule has 0 radical (unpaired) electrons. The minimum atomic E-state index is 0.584. The average molecular weight is 495 g/mol. The second-order valence-corrected chi connectivity index (χ2v) is 9.04. The molecule has 0 aliphatic carbocycles. The van der Waals surface area contributed by atoms with Crippen molar-refractivity contribution in [1.82, 2.24) is 19.6 Å². The van der Waals surface area contributed by atoms with E-state index in [9.17, 15) is 0 Å². The van der Waals surface area contributed by atoms with E-state index in [1.807, 2.05) is 59.4 Å². The Morgan fingerprint density at radius 3 is 2.42 bits per heavy atom. The molecule has 1 fully saturated rings. The third-order valence-corrected chi connectivity index (χ3v) is 6.68. The van der Waals surface area contributed by atoms with Crippen LogP contribution in [0.2, 0.25) is 15.1 Å². The lowest BCUT2D eigenvalue weighted by atomic mass is 10.2. The number of halogens is 3. The van der Waals surface area contributed by atoms with Gasteiger partial charge < -0.3 is 10.2 Å². The molecule has 2 aromatic carbocycles. The summed E-state index contributed by atoms with van der Waals surface area (Å²) in [4.78, 5) is 4.56. The summed E-state index contributed by atoms with van der Waals surface area (Å²) in [6, 6.07) is 15.5. The maximum absolute atomic E-state index is 6.24. The van der Waals surface area contributed by atoms with Crippen LogP contribution in [-0.2, 0) is 13.1 Å². The summed E-state index contributed by atoms with van der Waals surface area (Å²) in [6.45, 7) is 5.01. The van der Waals surface area contributed by atoms with Crippen LogP contribution in [0.15, 0.2) is 54.7 Å². The summed E-state index contributed by atoms with van der Waals surface area (Å²) in [7, 11) is 0. The summed E-state index contributed by atoms with van der Waals surface area (Å²) >= 11 is 24.0. The van der Waals surface area contributed by atoms with Gasteiger partial charge in [0.25, 0.3) is 0 Å². The first-order chi connectivity index (χ1) is 15.0. The van der Waals surface area contributed by atoms with Crippen LogP contribution in [0.25, 0.3) is 0 Å². The molecule has 0 spiro atoms. The largest absolute Gasteiger partial charge is 0.346 e. The second-order valence-electron chi connectivity index (χ2n) is 7.43. The Bertz CT molecular complexity index is 1060. The van der Waals surface area contributed by atoms with Crippen LogP contribution in [0.3, 0.4) is 0 Å². The molecule has 0 amide bonds. The van der Waals surface area contributed by atoms with Crippen molar-refractivity contribution >= 4 is 58.0 Å². The molecule has 0 unspecified atom stereocenters. The van der Waals surface area contributed by atoms with Gasteiger partial charge in [-0.05, 0) is 41.5 Å². The molecule has 5 nitrogen and oxygen atoms in total. The van der Waals surface area contributed by atoms with Crippen molar-refractivity contribution in [2.24, 2.45) is 0 Å². The molecule has 0 saturated carbocycles. The quantitative estimate of drug-likeness (QED) is 0.480. The molecule has 1 aliphatic heterocycles. The number of rotatable bonds is 5. The van der Waals surface area contributed by atoms with Crippen molar-refractivity contribution in [3.05, 3.63) is 80.9 Å². The van der Waals surface area contributed by atoms with Gasteiger partial charge in [0.2, 0.25) is 0 Å². The lowest BCUT2D eigenvalue weighted by molar-refractivity contribution is 0.177. The van der Waals surface area contributed by atoms with Gasteiger partial charge in [0, 0.05) is 50.0 Å². The Morgan fingerprint density at radius 1 is 0.903 bits per heavy atom. The highest BCUT2D eigenvalue weighted by molar-refractivity contribution is 7.80. The zero-order valence-electron chi connectivity index (χ0n) is 16.8. The highest BCUT2D eigenvalue weighted by Gasteiger charge is 2.19. The van der Waals surface area contributed by atoms with E-state index in [1.165, 1.54) is 0 Å². The van der Waals surface area contributed by atoms with Gasteiger partial charge in [-0.15, -0.1) is 0 Å². The van der Waals surface area contributed by atoms with E-state index in [-0.39, 0.29) is 0 Å². The minimum absolute atomic E-state index is 0.584. The minimum Gasteiger partial charge on any atom is -0.346 e.